The van der Waals surface area contributed by atoms with E-state index in [0.717, 1.165) is 0 Å². The number of nitrogens with one attached hydrogen (secondary N) is 1. The fourth-order valence-corrected chi connectivity index (χ4v) is 1.68. The number of aromatic nitrogens is 1. The third-order valence-corrected chi connectivity index (χ3v) is 2.82. The average molecular weight is 309 g/mol. The molecule has 1 aromatic heterocycles. The van der Waals surface area contributed by atoms with Gasteiger partial charge in [0.1, 0.15) is 22.7 Å². The summed E-state index contributed by atoms with van der Waals surface area (Å²) in [6, 6.07) is 9.17. The number of amides is 1. The fraction of sp³-hybridized carbons (Fsp3) is 0.200. The Morgan fingerprint density at radius 2 is 2.14 bits per heavy atom. The summed E-state index contributed by atoms with van der Waals surface area (Å²) in [7, 11) is 0. The minimum absolute atomic E-state index is 0.246. The lowest BCUT2D eigenvalue weighted by molar-refractivity contribution is -0.120. The van der Waals surface area contributed by atoms with Gasteiger partial charge in [0.05, 0.1) is 12.2 Å². The van der Waals surface area contributed by atoms with Gasteiger partial charge >= 0.3 is 0 Å². The molecule has 2 rings (SSSR count). The molecule has 0 fully saturated rings. The van der Waals surface area contributed by atoms with Gasteiger partial charge in [-0.1, -0.05) is 6.07 Å². The van der Waals surface area contributed by atoms with Crippen molar-refractivity contribution < 1.29 is 13.9 Å². The van der Waals surface area contributed by atoms with Crippen LogP contribution in [0.2, 0.25) is 0 Å². The van der Waals surface area contributed by atoms with Crippen LogP contribution < -0.4 is 10.1 Å². The molecule has 0 aliphatic carbocycles. The van der Waals surface area contributed by atoms with Gasteiger partial charge in [-0.25, -0.2) is 4.39 Å². The fourth-order valence-electron chi connectivity index (χ4n) is 1.60. The minimum Gasteiger partial charge on any atom is -0.457 e. The van der Waals surface area contributed by atoms with Crippen LogP contribution in [0.5, 0.6) is 11.5 Å². The second kappa shape index (κ2) is 7.04. The van der Waals surface area contributed by atoms with Gasteiger partial charge in [-0.3, -0.25) is 9.78 Å². The van der Waals surface area contributed by atoms with Gasteiger partial charge in [-0.15, -0.1) is 11.6 Å². The Labute approximate surface area is 126 Å². The molecule has 1 amide bonds. The summed E-state index contributed by atoms with van der Waals surface area (Å²) < 4.78 is 18.6. The van der Waals surface area contributed by atoms with Crippen LogP contribution in [0.3, 0.4) is 0 Å². The highest BCUT2D eigenvalue weighted by atomic mass is 35.5. The maximum absolute atomic E-state index is 13.1. The van der Waals surface area contributed by atoms with Crippen LogP contribution in [0, 0.1) is 5.82 Å². The summed E-state index contributed by atoms with van der Waals surface area (Å²) in [6.45, 7) is 1.84. The molecular weight excluding hydrogens is 295 g/mol. The molecular formula is C15H14ClFN2O2. The Morgan fingerprint density at radius 1 is 1.38 bits per heavy atom. The highest BCUT2D eigenvalue weighted by molar-refractivity contribution is 6.30. The zero-order chi connectivity index (χ0) is 15.2. The topological polar surface area (TPSA) is 51.2 Å². The van der Waals surface area contributed by atoms with Crippen molar-refractivity contribution in [3.8, 4) is 11.5 Å². The van der Waals surface area contributed by atoms with E-state index in [2.05, 4.69) is 10.3 Å². The van der Waals surface area contributed by atoms with Crippen LogP contribution >= 0.6 is 11.6 Å². The number of hydrogen-bond acceptors (Lipinski definition) is 3. The predicted octanol–water partition coefficient (Wildman–Crippen LogP) is 3.26. The van der Waals surface area contributed by atoms with Crippen LogP contribution in [-0.2, 0) is 11.3 Å². The number of halogens is 2. The van der Waals surface area contributed by atoms with E-state index in [1.165, 1.54) is 12.1 Å². The first-order chi connectivity index (χ1) is 10.0. The van der Waals surface area contributed by atoms with E-state index in [1.54, 1.807) is 37.4 Å². The Hall–Kier alpha value is -2.14. The van der Waals surface area contributed by atoms with E-state index in [4.69, 9.17) is 16.3 Å². The van der Waals surface area contributed by atoms with Crippen LogP contribution in [-0.4, -0.2) is 16.3 Å². The van der Waals surface area contributed by atoms with Gasteiger partial charge in [0.25, 0.3) is 0 Å². The average Bonchev–Trinajstić information content (AvgIpc) is 2.45. The van der Waals surface area contributed by atoms with Gasteiger partial charge < -0.3 is 10.1 Å². The number of rotatable bonds is 5. The second-order valence-electron chi connectivity index (χ2n) is 4.38. The van der Waals surface area contributed by atoms with E-state index in [-0.39, 0.29) is 18.3 Å². The Balaban J connectivity index is 2.02. The minimum atomic E-state index is -0.600. The van der Waals surface area contributed by atoms with Crippen LogP contribution in [0.15, 0.2) is 42.6 Å². The predicted molar refractivity (Wildman–Crippen MR) is 77.9 cm³/mol. The SMILES string of the molecule is CC(Cl)C(=O)NCc1cc(Oc2cccc(F)c2)ccn1. The quantitative estimate of drug-likeness (QED) is 0.863. The van der Waals surface area contributed by atoms with Crippen LogP contribution in [0.25, 0.3) is 0 Å². The van der Waals surface area contributed by atoms with Crippen LogP contribution in [0.4, 0.5) is 4.39 Å². The lowest BCUT2D eigenvalue weighted by Crippen LogP contribution is -2.29. The van der Waals surface area contributed by atoms with Crippen LogP contribution in [0.1, 0.15) is 12.6 Å². The monoisotopic (exact) mass is 308 g/mol. The number of ether oxygens (including phenoxy) is 1. The van der Waals surface area contributed by atoms with Gasteiger partial charge in [0.15, 0.2) is 0 Å². The molecule has 2 aromatic rings. The smallest absolute Gasteiger partial charge is 0.238 e. The molecule has 0 saturated heterocycles. The second-order valence-corrected chi connectivity index (χ2v) is 5.03. The first kappa shape index (κ1) is 15.3. The number of pyridine rings is 1. The van der Waals surface area contributed by atoms with E-state index in [9.17, 15) is 9.18 Å². The van der Waals surface area contributed by atoms with Crippen molar-refractivity contribution in [1.29, 1.82) is 0 Å². The third-order valence-electron chi connectivity index (χ3n) is 2.62. The Kier molecular flexibility index (Phi) is 5.11. The summed E-state index contributed by atoms with van der Waals surface area (Å²) in [4.78, 5) is 15.5. The zero-order valence-electron chi connectivity index (χ0n) is 11.3. The highest BCUT2D eigenvalue weighted by Crippen LogP contribution is 2.21. The molecule has 1 atom stereocenters. The maximum atomic E-state index is 13.1. The van der Waals surface area contributed by atoms with E-state index in [0.29, 0.717) is 17.2 Å². The molecule has 1 aromatic carbocycles. The molecule has 1 unspecified atom stereocenters. The first-order valence-corrected chi connectivity index (χ1v) is 6.78. The summed E-state index contributed by atoms with van der Waals surface area (Å²) in [5.41, 5.74) is 0.620. The molecule has 0 spiro atoms. The van der Waals surface area contributed by atoms with E-state index < -0.39 is 5.38 Å². The maximum Gasteiger partial charge on any atom is 0.238 e. The Bertz CT molecular complexity index is 635. The largest absolute Gasteiger partial charge is 0.457 e. The van der Waals surface area contributed by atoms with E-state index >= 15 is 0 Å². The molecule has 0 radical (unpaired) electrons. The van der Waals surface area contributed by atoms with E-state index in [1.807, 2.05) is 0 Å². The summed E-state index contributed by atoms with van der Waals surface area (Å²) in [5.74, 6) is 0.268. The van der Waals surface area contributed by atoms with Gasteiger partial charge in [-0.05, 0) is 25.1 Å². The number of alkyl halides is 1. The molecule has 21 heavy (non-hydrogen) atoms. The third kappa shape index (κ3) is 4.72. The molecule has 0 saturated carbocycles. The number of nitrogens with zero attached hydrogens (tertiary/aromatic N) is 1. The van der Waals surface area contributed by atoms with Crippen molar-refractivity contribution in [2.45, 2.75) is 18.8 Å². The normalized spacial score (nSPS) is 11.8. The van der Waals surface area contributed by atoms with Gasteiger partial charge in [0.2, 0.25) is 5.91 Å². The molecule has 1 N–H and O–H groups in total. The molecule has 1 heterocycles. The Morgan fingerprint density at radius 3 is 2.86 bits per heavy atom. The lowest BCUT2D eigenvalue weighted by atomic mass is 10.3. The molecule has 0 aliphatic heterocycles. The number of hydrogen-bond donors (Lipinski definition) is 1. The number of carbonyl (C=O) groups excluding carboxylic acids is 1. The van der Waals surface area contributed by atoms with Crippen molar-refractivity contribution in [2.75, 3.05) is 0 Å². The first-order valence-electron chi connectivity index (χ1n) is 6.35. The standard InChI is InChI=1S/C15H14ClFN2O2/c1-10(16)15(20)19-9-12-8-14(5-6-18-12)21-13-4-2-3-11(17)7-13/h2-8,10H,9H2,1H3,(H,19,20). The highest BCUT2D eigenvalue weighted by Gasteiger charge is 2.09. The van der Waals surface area contributed by atoms with Crippen molar-refractivity contribution in [1.82, 2.24) is 10.3 Å². The van der Waals surface area contributed by atoms with Crippen molar-refractivity contribution in [3.05, 3.63) is 54.1 Å². The van der Waals surface area contributed by atoms with Crippen molar-refractivity contribution in [2.24, 2.45) is 0 Å². The molecule has 110 valence electrons. The summed E-state index contributed by atoms with van der Waals surface area (Å²) in [6.07, 6.45) is 1.56. The van der Waals surface area contributed by atoms with Crippen molar-refractivity contribution >= 4 is 17.5 Å². The summed E-state index contributed by atoms with van der Waals surface area (Å²) in [5, 5.41) is 2.05. The van der Waals surface area contributed by atoms with Gasteiger partial charge in [-0.2, -0.15) is 0 Å². The number of carbonyl (C=O) groups is 1. The van der Waals surface area contributed by atoms with Crippen molar-refractivity contribution in [3.63, 3.8) is 0 Å². The molecule has 6 heteroatoms. The lowest BCUT2D eigenvalue weighted by Gasteiger charge is -2.09. The molecule has 0 bridgehead atoms. The summed E-state index contributed by atoms with van der Waals surface area (Å²) >= 11 is 5.66. The molecule has 0 aliphatic rings. The molecule has 4 nitrogen and oxygen atoms in total. The van der Waals surface area contributed by atoms with Gasteiger partial charge in [0, 0.05) is 18.3 Å². The zero-order valence-corrected chi connectivity index (χ0v) is 12.1. The number of benzene rings is 1.